The first kappa shape index (κ1) is 22.2. The number of hydrogen-bond acceptors (Lipinski definition) is 2. The maximum absolute atomic E-state index is 11.9. The molecule has 5 aliphatic rings. The maximum Gasteiger partial charge on any atom is 0.0750 e. The van der Waals surface area contributed by atoms with Gasteiger partial charge in [-0.1, -0.05) is 53.3 Å². The minimum Gasteiger partial charge on any atom is -0.393 e. The second kappa shape index (κ2) is 6.72. The standard InChI is InChI=1S/C29H46O2/c1-17-8-11-26(4)14-15-28(6)21(24(26)18(17)2)16-23(31)25-27(5)12-10-22(30)19(3)20(27)9-13-29(25,28)7/h17,20-25,30-31H,2-3,8-16H2,1,4-7H3. The van der Waals surface area contributed by atoms with Crippen molar-refractivity contribution in [2.45, 2.75) is 105 Å². The molecule has 0 spiro atoms. The summed E-state index contributed by atoms with van der Waals surface area (Å²) in [6.07, 6.45) is 9.60. The number of rotatable bonds is 0. The van der Waals surface area contributed by atoms with Crippen molar-refractivity contribution in [3.05, 3.63) is 24.3 Å². The van der Waals surface area contributed by atoms with Gasteiger partial charge in [0.05, 0.1) is 12.2 Å². The lowest BCUT2D eigenvalue weighted by Gasteiger charge is -2.73. The molecule has 5 aliphatic carbocycles. The molecule has 0 amide bonds. The fourth-order valence-electron chi connectivity index (χ4n) is 10.4. The zero-order valence-corrected chi connectivity index (χ0v) is 20.7. The van der Waals surface area contributed by atoms with E-state index in [4.69, 9.17) is 0 Å². The maximum atomic E-state index is 11.9. The van der Waals surface area contributed by atoms with Crippen molar-refractivity contribution in [3.8, 4) is 0 Å². The second-order valence-corrected chi connectivity index (χ2v) is 13.6. The Morgan fingerprint density at radius 1 is 0.806 bits per heavy atom. The predicted molar refractivity (Wildman–Crippen MR) is 127 cm³/mol. The summed E-state index contributed by atoms with van der Waals surface area (Å²) in [6.45, 7) is 21.5. The lowest BCUT2D eigenvalue weighted by molar-refractivity contribution is -0.253. The number of fused-ring (bicyclic) bond motifs is 7. The molecule has 0 aromatic heterocycles. The first-order valence-electron chi connectivity index (χ1n) is 13.1. The molecule has 31 heavy (non-hydrogen) atoms. The normalized spacial score (nSPS) is 59.3. The van der Waals surface area contributed by atoms with Gasteiger partial charge in [-0.15, -0.1) is 0 Å². The summed E-state index contributed by atoms with van der Waals surface area (Å²) in [5.41, 5.74) is 3.31. The van der Waals surface area contributed by atoms with Gasteiger partial charge in [0.2, 0.25) is 0 Å². The lowest BCUT2D eigenvalue weighted by Crippen LogP contribution is -2.68. The van der Waals surface area contributed by atoms with E-state index in [1.54, 1.807) is 0 Å². The Labute approximate surface area is 190 Å². The molecule has 2 heteroatoms. The van der Waals surface area contributed by atoms with E-state index < -0.39 is 0 Å². The van der Waals surface area contributed by atoms with Crippen LogP contribution < -0.4 is 0 Å². The van der Waals surface area contributed by atoms with Crippen LogP contribution in [-0.4, -0.2) is 22.4 Å². The fourth-order valence-corrected chi connectivity index (χ4v) is 10.4. The van der Waals surface area contributed by atoms with Gasteiger partial charge in [-0.25, -0.2) is 0 Å². The Morgan fingerprint density at radius 2 is 1.52 bits per heavy atom. The Hall–Kier alpha value is -0.600. The minimum atomic E-state index is -0.353. The molecule has 0 bridgehead atoms. The first-order valence-corrected chi connectivity index (χ1v) is 13.1. The molecule has 0 aromatic carbocycles. The Morgan fingerprint density at radius 3 is 2.23 bits per heavy atom. The third-order valence-corrected chi connectivity index (χ3v) is 12.5. The summed E-state index contributed by atoms with van der Waals surface area (Å²) in [6, 6.07) is 0. The summed E-state index contributed by atoms with van der Waals surface area (Å²) in [5.74, 6) is 2.34. The van der Waals surface area contributed by atoms with Crippen LogP contribution in [0.3, 0.4) is 0 Å². The first-order chi connectivity index (χ1) is 14.4. The molecule has 2 N–H and O–H groups in total. The van der Waals surface area contributed by atoms with Crippen molar-refractivity contribution < 1.29 is 10.2 Å². The molecular formula is C29H46O2. The molecule has 0 radical (unpaired) electrons. The van der Waals surface area contributed by atoms with E-state index in [1.165, 1.54) is 31.3 Å². The van der Waals surface area contributed by atoms with Crippen LogP contribution in [0.25, 0.3) is 0 Å². The van der Waals surface area contributed by atoms with Crippen molar-refractivity contribution in [1.82, 2.24) is 0 Å². The third kappa shape index (κ3) is 2.64. The SMILES string of the molecule is C=C1C(C)CCC2(C)CCC3(C)C(CC(O)C4C5(C)CCC(O)C(=C)C5CCC43C)C12. The average Bonchev–Trinajstić information content (AvgIpc) is 2.70. The monoisotopic (exact) mass is 426 g/mol. The highest BCUT2D eigenvalue weighted by molar-refractivity contribution is 5.27. The highest BCUT2D eigenvalue weighted by Crippen LogP contribution is 2.75. The molecule has 2 nitrogen and oxygen atoms in total. The largest absolute Gasteiger partial charge is 0.393 e. The summed E-state index contributed by atoms with van der Waals surface area (Å²) in [4.78, 5) is 0. The summed E-state index contributed by atoms with van der Waals surface area (Å²) < 4.78 is 0. The summed E-state index contributed by atoms with van der Waals surface area (Å²) >= 11 is 0. The topological polar surface area (TPSA) is 40.5 Å². The molecule has 11 atom stereocenters. The highest BCUT2D eigenvalue weighted by Gasteiger charge is 2.70. The molecule has 0 heterocycles. The van der Waals surface area contributed by atoms with Crippen LogP contribution in [0.15, 0.2) is 24.3 Å². The molecule has 0 saturated heterocycles. The van der Waals surface area contributed by atoms with Crippen molar-refractivity contribution in [2.75, 3.05) is 0 Å². The summed E-state index contributed by atoms with van der Waals surface area (Å²) in [5, 5.41) is 22.4. The Kier molecular flexibility index (Phi) is 4.81. The smallest absolute Gasteiger partial charge is 0.0750 e. The zero-order valence-electron chi connectivity index (χ0n) is 20.7. The molecule has 5 saturated carbocycles. The van der Waals surface area contributed by atoms with Gasteiger partial charge in [0.1, 0.15) is 0 Å². The van der Waals surface area contributed by atoms with Crippen LogP contribution in [0.5, 0.6) is 0 Å². The van der Waals surface area contributed by atoms with Crippen molar-refractivity contribution in [2.24, 2.45) is 51.2 Å². The van der Waals surface area contributed by atoms with Crippen LogP contribution >= 0.6 is 0 Å². The predicted octanol–water partition coefficient (Wildman–Crippen LogP) is 6.53. The molecule has 0 aromatic rings. The van der Waals surface area contributed by atoms with Crippen LogP contribution in [0.1, 0.15) is 92.4 Å². The van der Waals surface area contributed by atoms with Gasteiger partial charge in [-0.2, -0.15) is 0 Å². The number of aliphatic hydroxyl groups is 2. The fraction of sp³-hybridized carbons (Fsp3) is 0.862. The molecule has 11 unspecified atom stereocenters. The van der Waals surface area contributed by atoms with Gasteiger partial charge in [-0.3, -0.25) is 0 Å². The van der Waals surface area contributed by atoms with Crippen molar-refractivity contribution in [3.63, 3.8) is 0 Å². The molecule has 5 rings (SSSR count). The van der Waals surface area contributed by atoms with Crippen LogP contribution in [0, 0.1) is 51.2 Å². The van der Waals surface area contributed by atoms with Gasteiger partial charge < -0.3 is 10.2 Å². The average molecular weight is 427 g/mol. The van der Waals surface area contributed by atoms with Crippen LogP contribution in [0.2, 0.25) is 0 Å². The van der Waals surface area contributed by atoms with E-state index in [2.05, 4.69) is 47.8 Å². The molecule has 174 valence electrons. The van der Waals surface area contributed by atoms with E-state index in [-0.39, 0.29) is 28.5 Å². The van der Waals surface area contributed by atoms with Gasteiger partial charge in [0.15, 0.2) is 0 Å². The number of hydrogen-bond donors (Lipinski definition) is 2. The van der Waals surface area contributed by atoms with Crippen molar-refractivity contribution in [1.29, 1.82) is 0 Å². The van der Waals surface area contributed by atoms with Crippen LogP contribution in [-0.2, 0) is 0 Å². The summed E-state index contributed by atoms with van der Waals surface area (Å²) in [7, 11) is 0. The number of allylic oxidation sites excluding steroid dienone is 1. The van der Waals surface area contributed by atoms with E-state index in [0.717, 1.165) is 37.7 Å². The van der Waals surface area contributed by atoms with Crippen LogP contribution in [0.4, 0.5) is 0 Å². The van der Waals surface area contributed by atoms with Gasteiger partial charge >= 0.3 is 0 Å². The van der Waals surface area contributed by atoms with E-state index in [9.17, 15) is 10.2 Å². The minimum absolute atomic E-state index is 0.0499. The van der Waals surface area contributed by atoms with E-state index in [0.29, 0.717) is 35.0 Å². The van der Waals surface area contributed by atoms with Gasteiger partial charge in [0, 0.05) is 0 Å². The Balaban J connectivity index is 1.58. The Bertz CT molecular complexity index is 801. The van der Waals surface area contributed by atoms with Gasteiger partial charge in [-0.05, 0) is 115 Å². The zero-order chi connectivity index (χ0) is 22.6. The van der Waals surface area contributed by atoms with Gasteiger partial charge in [0.25, 0.3) is 0 Å². The molecule has 5 fully saturated rings. The quantitative estimate of drug-likeness (QED) is 0.433. The van der Waals surface area contributed by atoms with E-state index in [1.807, 2.05) is 0 Å². The third-order valence-electron chi connectivity index (χ3n) is 12.5. The highest BCUT2D eigenvalue weighted by atomic mass is 16.3. The lowest BCUT2D eigenvalue weighted by atomic mass is 9.32. The number of aliphatic hydroxyl groups excluding tert-OH is 2. The molecular weight excluding hydrogens is 380 g/mol. The van der Waals surface area contributed by atoms with Crippen molar-refractivity contribution >= 4 is 0 Å². The second-order valence-electron chi connectivity index (χ2n) is 13.6. The van der Waals surface area contributed by atoms with E-state index >= 15 is 0 Å². The molecule has 0 aliphatic heterocycles.